The average Bonchev–Trinajstić information content (AvgIpc) is 2.03. The highest BCUT2D eigenvalue weighted by molar-refractivity contribution is 5.76. The van der Waals surface area contributed by atoms with E-state index in [9.17, 15) is 18.0 Å². The number of aliphatic hydroxyl groups excluding tert-OH is 1. The van der Waals surface area contributed by atoms with Crippen molar-refractivity contribution < 1.29 is 37.7 Å². The summed E-state index contributed by atoms with van der Waals surface area (Å²) in [7, 11) is 0. The SMILES string of the molecule is O=C(O)C1(F)OC(F)(F)OC1O. The van der Waals surface area contributed by atoms with Gasteiger partial charge in [0.1, 0.15) is 0 Å². The summed E-state index contributed by atoms with van der Waals surface area (Å²) < 4.78 is 42.7. The summed E-state index contributed by atoms with van der Waals surface area (Å²) in [6.45, 7) is 0. The lowest BCUT2D eigenvalue weighted by molar-refractivity contribution is -0.370. The Bertz CT molecular complexity index is 219. The molecule has 0 aromatic carbocycles. The molecule has 1 aliphatic heterocycles. The van der Waals surface area contributed by atoms with Crippen molar-refractivity contribution in [2.45, 2.75) is 18.4 Å². The van der Waals surface area contributed by atoms with Gasteiger partial charge in [0.05, 0.1) is 0 Å². The first kappa shape index (κ1) is 9.23. The molecule has 0 amide bonds. The molecule has 70 valence electrons. The zero-order valence-electron chi connectivity index (χ0n) is 5.33. The number of hydrogen-bond donors (Lipinski definition) is 2. The van der Waals surface area contributed by atoms with E-state index in [0.29, 0.717) is 0 Å². The molecule has 0 bridgehead atoms. The van der Waals surface area contributed by atoms with Crippen LogP contribution in [-0.4, -0.2) is 34.6 Å². The van der Waals surface area contributed by atoms with Gasteiger partial charge in [0, 0.05) is 0 Å². The Labute approximate surface area is 63.3 Å². The van der Waals surface area contributed by atoms with Gasteiger partial charge in [-0.05, 0) is 0 Å². The molecule has 1 heterocycles. The number of hydrogen-bond acceptors (Lipinski definition) is 4. The normalized spacial score (nSPS) is 39.8. The van der Waals surface area contributed by atoms with Crippen LogP contribution in [0.1, 0.15) is 0 Å². The fourth-order valence-electron chi connectivity index (χ4n) is 0.602. The number of carboxylic acid groups (broad SMARTS) is 1. The van der Waals surface area contributed by atoms with Gasteiger partial charge in [-0.2, -0.15) is 4.39 Å². The number of carbonyl (C=O) groups is 1. The number of carboxylic acids is 1. The van der Waals surface area contributed by atoms with Crippen LogP contribution in [0.2, 0.25) is 0 Å². The lowest BCUT2D eigenvalue weighted by atomic mass is 10.3. The van der Waals surface area contributed by atoms with Crippen LogP contribution < -0.4 is 0 Å². The van der Waals surface area contributed by atoms with E-state index in [-0.39, 0.29) is 0 Å². The fourth-order valence-corrected chi connectivity index (χ4v) is 0.602. The van der Waals surface area contributed by atoms with Crippen molar-refractivity contribution >= 4 is 5.97 Å². The third-order valence-electron chi connectivity index (χ3n) is 1.13. The van der Waals surface area contributed by atoms with E-state index < -0.39 is 24.4 Å². The maximum atomic E-state index is 12.6. The largest absolute Gasteiger partial charge is 0.491 e. The van der Waals surface area contributed by atoms with Crippen LogP contribution in [-0.2, 0) is 14.3 Å². The van der Waals surface area contributed by atoms with E-state index in [2.05, 4.69) is 9.47 Å². The Morgan fingerprint density at radius 1 is 1.42 bits per heavy atom. The van der Waals surface area contributed by atoms with E-state index >= 15 is 0 Å². The predicted octanol–water partition coefficient (Wildman–Crippen LogP) is -0.348. The summed E-state index contributed by atoms with van der Waals surface area (Å²) in [5.74, 6) is -6.30. The highest BCUT2D eigenvalue weighted by Crippen LogP contribution is 2.38. The topological polar surface area (TPSA) is 76.0 Å². The average molecular weight is 188 g/mol. The van der Waals surface area contributed by atoms with Gasteiger partial charge >= 0.3 is 18.1 Å². The number of halogens is 3. The van der Waals surface area contributed by atoms with Gasteiger partial charge in [0.25, 0.3) is 0 Å². The Kier molecular flexibility index (Phi) is 1.78. The predicted molar refractivity (Wildman–Crippen MR) is 24.6 cm³/mol. The van der Waals surface area contributed by atoms with Gasteiger partial charge in [0.15, 0.2) is 0 Å². The van der Waals surface area contributed by atoms with Crippen LogP contribution in [0.5, 0.6) is 0 Å². The Balaban J connectivity index is 2.89. The molecule has 2 unspecified atom stereocenters. The van der Waals surface area contributed by atoms with Gasteiger partial charge in [-0.3, -0.25) is 4.74 Å². The van der Waals surface area contributed by atoms with Crippen LogP contribution in [0.15, 0.2) is 0 Å². The molecule has 1 rings (SSSR count). The highest BCUT2D eigenvalue weighted by Gasteiger charge is 2.65. The van der Waals surface area contributed by atoms with Gasteiger partial charge < -0.3 is 10.2 Å². The van der Waals surface area contributed by atoms with Crippen LogP contribution in [0, 0.1) is 0 Å². The van der Waals surface area contributed by atoms with E-state index in [0.717, 1.165) is 0 Å². The standard InChI is InChI=1S/C4H3F3O5/c5-3(1(8)9)2(10)11-4(6,7)12-3/h2,10H,(H,8,9). The molecule has 12 heavy (non-hydrogen) atoms. The maximum absolute atomic E-state index is 12.6. The van der Waals surface area contributed by atoms with Crippen molar-refractivity contribution in [1.29, 1.82) is 0 Å². The first-order valence-electron chi connectivity index (χ1n) is 2.64. The molecule has 0 aromatic heterocycles. The summed E-state index contributed by atoms with van der Waals surface area (Å²) in [5, 5.41) is 16.4. The molecule has 1 aliphatic rings. The molecular formula is C4H3F3O5. The summed E-state index contributed by atoms with van der Waals surface area (Å²) in [5.41, 5.74) is 0. The van der Waals surface area contributed by atoms with E-state index in [1.165, 1.54) is 0 Å². The molecule has 0 spiro atoms. The highest BCUT2D eigenvalue weighted by atomic mass is 19.3. The molecule has 0 aromatic rings. The number of aliphatic hydroxyl groups is 1. The lowest BCUT2D eigenvalue weighted by Gasteiger charge is -2.13. The molecule has 2 N–H and O–H groups in total. The van der Waals surface area contributed by atoms with Gasteiger partial charge in [-0.25, -0.2) is 9.53 Å². The lowest BCUT2D eigenvalue weighted by Crippen LogP contribution is -2.43. The van der Waals surface area contributed by atoms with E-state index in [1.807, 2.05) is 0 Å². The molecule has 2 atom stereocenters. The molecule has 0 radical (unpaired) electrons. The molecule has 1 fully saturated rings. The molecule has 8 heteroatoms. The number of ether oxygens (including phenoxy) is 2. The zero-order valence-corrected chi connectivity index (χ0v) is 5.33. The quantitative estimate of drug-likeness (QED) is 0.588. The summed E-state index contributed by atoms with van der Waals surface area (Å²) in [6.07, 6.45) is -7.27. The van der Waals surface area contributed by atoms with Crippen molar-refractivity contribution in [3.8, 4) is 0 Å². The first-order chi connectivity index (χ1) is 5.28. The third kappa shape index (κ3) is 1.24. The van der Waals surface area contributed by atoms with Crippen LogP contribution in [0.25, 0.3) is 0 Å². The van der Waals surface area contributed by atoms with Crippen molar-refractivity contribution in [3.63, 3.8) is 0 Å². The van der Waals surface area contributed by atoms with Crippen molar-refractivity contribution in [2.75, 3.05) is 0 Å². The zero-order chi connectivity index (χ0) is 9.57. The van der Waals surface area contributed by atoms with E-state index in [4.69, 9.17) is 10.2 Å². The third-order valence-corrected chi connectivity index (χ3v) is 1.13. The summed E-state index contributed by atoms with van der Waals surface area (Å²) in [4.78, 5) is 9.95. The second-order valence-corrected chi connectivity index (χ2v) is 1.99. The molecule has 5 nitrogen and oxygen atoms in total. The monoisotopic (exact) mass is 188 g/mol. The fraction of sp³-hybridized carbons (Fsp3) is 0.750. The Morgan fingerprint density at radius 2 is 1.92 bits per heavy atom. The van der Waals surface area contributed by atoms with Crippen LogP contribution in [0.4, 0.5) is 13.2 Å². The van der Waals surface area contributed by atoms with Gasteiger partial charge in [-0.15, -0.1) is 8.78 Å². The second kappa shape index (κ2) is 2.31. The number of alkyl halides is 3. The maximum Gasteiger partial charge on any atom is 0.491 e. The van der Waals surface area contributed by atoms with Crippen LogP contribution in [0.3, 0.4) is 0 Å². The Hall–Kier alpha value is -0.860. The summed E-state index contributed by atoms with van der Waals surface area (Å²) in [6, 6.07) is 0. The van der Waals surface area contributed by atoms with Crippen molar-refractivity contribution in [2.24, 2.45) is 0 Å². The van der Waals surface area contributed by atoms with Crippen molar-refractivity contribution in [3.05, 3.63) is 0 Å². The van der Waals surface area contributed by atoms with Crippen LogP contribution >= 0.6 is 0 Å². The van der Waals surface area contributed by atoms with Gasteiger partial charge in [-0.1, -0.05) is 0 Å². The minimum absolute atomic E-state index is 2.38. The van der Waals surface area contributed by atoms with E-state index in [1.54, 1.807) is 0 Å². The number of rotatable bonds is 1. The minimum Gasteiger partial charge on any atom is -0.477 e. The molecule has 0 aliphatic carbocycles. The van der Waals surface area contributed by atoms with Crippen molar-refractivity contribution in [1.82, 2.24) is 0 Å². The first-order valence-corrected chi connectivity index (χ1v) is 2.64. The molecular weight excluding hydrogens is 185 g/mol. The summed E-state index contributed by atoms with van der Waals surface area (Å²) >= 11 is 0. The smallest absolute Gasteiger partial charge is 0.477 e. The minimum atomic E-state index is -4.42. The number of aliphatic carboxylic acids is 1. The van der Waals surface area contributed by atoms with Gasteiger partial charge in [0.2, 0.25) is 6.29 Å². The Morgan fingerprint density at radius 3 is 2.08 bits per heavy atom. The second-order valence-electron chi connectivity index (χ2n) is 1.99. The molecule has 1 saturated heterocycles. The molecule has 0 saturated carbocycles.